The highest BCUT2D eigenvalue weighted by Gasteiger charge is 2.25. The minimum absolute atomic E-state index is 0.476. The molecule has 0 bridgehead atoms. The monoisotopic (exact) mass is 437 g/mol. The highest BCUT2D eigenvalue weighted by atomic mass is 15.2. The molecule has 0 aliphatic heterocycles. The first-order chi connectivity index (χ1) is 16.2. The number of aryl methyl sites for hydroxylation is 1. The van der Waals surface area contributed by atoms with Gasteiger partial charge in [-0.25, -0.2) is 9.13 Å². The van der Waals surface area contributed by atoms with E-state index in [-0.39, 0.29) is 0 Å². The number of unbranched alkanes of at least 4 members (excludes halogenated alkanes) is 2. The zero-order valence-electron chi connectivity index (χ0n) is 20.2. The van der Waals surface area contributed by atoms with E-state index in [1.165, 1.54) is 47.5 Å². The standard InChI is InChI=1S/C31H37N2/c1-3-4-14-21-32-25-30(22-26(2)29-19-12-7-13-20-29)33(24-28-17-10-6-11-18-28)31(32)23-27-15-8-5-9-16-27/h5-13,15-20,25-26H,3-4,14,21-24H2,1-2H3/q+1. The van der Waals surface area contributed by atoms with Gasteiger partial charge in [-0.05, 0) is 35.4 Å². The summed E-state index contributed by atoms with van der Waals surface area (Å²) in [6.45, 7) is 6.64. The average molecular weight is 438 g/mol. The molecule has 1 unspecified atom stereocenters. The number of nitrogens with zero attached hydrogens (tertiary/aromatic N) is 2. The molecule has 1 atom stereocenters. The van der Waals surface area contributed by atoms with Gasteiger partial charge in [0.05, 0.1) is 13.0 Å². The van der Waals surface area contributed by atoms with Crippen LogP contribution in [0, 0.1) is 0 Å². The van der Waals surface area contributed by atoms with Crippen molar-refractivity contribution in [1.82, 2.24) is 4.57 Å². The molecule has 2 nitrogen and oxygen atoms in total. The molecule has 1 aromatic heterocycles. The molecule has 3 aromatic carbocycles. The first kappa shape index (κ1) is 23.0. The Morgan fingerprint density at radius 3 is 2.00 bits per heavy atom. The minimum atomic E-state index is 0.476. The lowest BCUT2D eigenvalue weighted by atomic mass is 9.96. The van der Waals surface area contributed by atoms with E-state index in [9.17, 15) is 0 Å². The summed E-state index contributed by atoms with van der Waals surface area (Å²) in [5.74, 6) is 1.89. The molecule has 0 N–H and O–H groups in total. The predicted octanol–water partition coefficient (Wildman–Crippen LogP) is 6.95. The number of aromatic nitrogens is 2. The van der Waals surface area contributed by atoms with Crippen LogP contribution in [0.5, 0.6) is 0 Å². The molecule has 0 amide bonds. The molecule has 1 heterocycles. The van der Waals surface area contributed by atoms with Gasteiger partial charge in [0.25, 0.3) is 5.82 Å². The van der Waals surface area contributed by atoms with Gasteiger partial charge in [0.2, 0.25) is 0 Å². The molecule has 0 aliphatic carbocycles. The van der Waals surface area contributed by atoms with Crippen LogP contribution in [0.2, 0.25) is 0 Å². The summed E-state index contributed by atoms with van der Waals surface area (Å²) in [5, 5.41) is 0. The maximum absolute atomic E-state index is 2.59. The third-order valence-corrected chi connectivity index (χ3v) is 6.57. The predicted molar refractivity (Wildman–Crippen MR) is 138 cm³/mol. The summed E-state index contributed by atoms with van der Waals surface area (Å²) in [4.78, 5) is 0. The highest BCUT2D eigenvalue weighted by Crippen LogP contribution is 2.22. The maximum Gasteiger partial charge on any atom is 0.261 e. The molecular formula is C31H37N2+. The summed E-state index contributed by atoms with van der Waals surface area (Å²) < 4.78 is 5.13. The Hall–Kier alpha value is -3.13. The molecule has 0 saturated heterocycles. The van der Waals surface area contributed by atoms with Crippen LogP contribution < -0.4 is 4.57 Å². The second-order valence-electron chi connectivity index (χ2n) is 9.19. The zero-order valence-corrected chi connectivity index (χ0v) is 20.2. The SMILES string of the molecule is CCCCC[n+]1cc(CC(C)c2ccccc2)n(Cc2ccccc2)c1Cc1ccccc1. The van der Waals surface area contributed by atoms with Gasteiger partial charge in [-0.3, -0.25) is 0 Å². The van der Waals surface area contributed by atoms with Gasteiger partial charge in [0.1, 0.15) is 18.4 Å². The van der Waals surface area contributed by atoms with E-state index in [2.05, 4.69) is 120 Å². The minimum Gasteiger partial charge on any atom is -0.234 e. The van der Waals surface area contributed by atoms with Crippen LogP contribution in [0.3, 0.4) is 0 Å². The molecule has 2 heteroatoms. The van der Waals surface area contributed by atoms with E-state index in [1.807, 2.05) is 0 Å². The summed E-state index contributed by atoms with van der Waals surface area (Å²) in [5.41, 5.74) is 5.57. The Kier molecular flexibility index (Phi) is 8.14. The van der Waals surface area contributed by atoms with Crippen LogP contribution in [0.25, 0.3) is 0 Å². The largest absolute Gasteiger partial charge is 0.261 e. The Balaban J connectivity index is 1.73. The van der Waals surface area contributed by atoms with Crippen LogP contribution >= 0.6 is 0 Å². The molecule has 0 aliphatic rings. The topological polar surface area (TPSA) is 8.81 Å². The third-order valence-electron chi connectivity index (χ3n) is 6.57. The molecule has 0 spiro atoms. The van der Waals surface area contributed by atoms with Gasteiger partial charge < -0.3 is 0 Å². The first-order valence-corrected chi connectivity index (χ1v) is 12.5. The number of imidazole rings is 1. The summed E-state index contributed by atoms with van der Waals surface area (Å²) in [6.07, 6.45) is 8.19. The van der Waals surface area contributed by atoms with Crippen molar-refractivity contribution in [2.45, 2.75) is 65.0 Å². The second kappa shape index (κ2) is 11.7. The van der Waals surface area contributed by atoms with Crippen LogP contribution in [0.4, 0.5) is 0 Å². The van der Waals surface area contributed by atoms with E-state index in [4.69, 9.17) is 0 Å². The maximum atomic E-state index is 2.59. The van der Waals surface area contributed by atoms with Gasteiger partial charge >= 0.3 is 0 Å². The second-order valence-corrected chi connectivity index (χ2v) is 9.19. The first-order valence-electron chi connectivity index (χ1n) is 12.5. The third kappa shape index (κ3) is 6.22. The van der Waals surface area contributed by atoms with Gasteiger partial charge in [-0.15, -0.1) is 0 Å². The van der Waals surface area contributed by atoms with Crippen molar-refractivity contribution in [2.75, 3.05) is 0 Å². The Labute approximate surface area is 199 Å². The summed E-state index contributed by atoms with van der Waals surface area (Å²) in [6, 6.07) is 32.7. The van der Waals surface area contributed by atoms with Crippen molar-refractivity contribution in [1.29, 1.82) is 0 Å². The fourth-order valence-corrected chi connectivity index (χ4v) is 4.68. The van der Waals surface area contributed by atoms with Gasteiger partial charge in [0, 0.05) is 6.42 Å². The fourth-order valence-electron chi connectivity index (χ4n) is 4.68. The normalized spacial score (nSPS) is 12.1. The van der Waals surface area contributed by atoms with Crippen molar-refractivity contribution in [3.8, 4) is 0 Å². The Bertz CT molecular complexity index is 1100. The summed E-state index contributed by atoms with van der Waals surface area (Å²) >= 11 is 0. The fraction of sp³-hybridized carbons (Fsp3) is 0.323. The Morgan fingerprint density at radius 1 is 0.758 bits per heavy atom. The molecule has 0 radical (unpaired) electrons. The van der Waals surface area contributed by atoms with E-state index < -0.39 is 0 Å². The van der Waals surface area contributed by atoms with Crippen LogP contribution in [-0.4, -0.2) is 4.57 Å². The molecular weight excluding hydrogens is 400 g/mol. The molecule has 33 heavy (non-hydrogen) atoms. The lowest BCUT2D eigenvalue weighted by Gasteiger charge is -2.12. The highest BCUT2D eigenvalue weighted by molar-refractivity contribution is 5.24. The lowest BCUT2D eigenvalue weighted by Crippen LogP contribution is -2.37. The van der Waals surface area contributed by atoms with Crippen molar-refractivity contribution in [3.05, 3.63) is 125 Å². The van der Waals surface area contributed by atoms with E-state index >= 15 is 0 Å². The van der Waals surface area contributed by atoms with Crippen molar-refractivity contribution < 1.29 is 4.57 Å². The van der Waals surface area contributed by atoms with Crippen LogP contribution in [0.1, 0.15) is 67.2 Å². The molecule has 170 valence electrons. The average Bonchev–Trinajstić information content (AvgIpc) is 3.16. The van der Waals surface area contributed by atoms with Crippen LogP contribution in [0.15, 0.2) is 97.2 Å². The quantitative estimate of drug-likeness (QED) is 0.177. The molecule has 4 rings (SSSR count). The van der Waals surface area contributed by atoms with E-state index in [1.54, 1.807) is 0 Å². The zero-order chi connectivity index (χ0) is 22.9. The number of rotatable bonds is 11. The number of benzene rings is 3. The van der Waals surface area contributed by atoms with Crippen molar-refractivity contribution in [3.63, 3.8) is 0 Å². The van der Waals surface area contributed by atoms with Crippen molar-refractivity contribution in [2.24, 2.45) is 0 Å². The van der Waals surface area contributed by atoms with E-state index in [0.29, 0.717) is 5.92 Å². The smallest absolute Gasteiger partial charge is 0.234 e. The van der Waals surface area contributed by atoms with Gasteiger partial charge in [0.15, 0.2) is 0 Å². The molecule has 0 fully saturated rings. The summed E-state index contributed by atoms with van der Waals surface area (Å²) in [7, 11) is 0. The molecule has 4 aromatic rings. The number of hydrogen-bond donors (Lipinski definition) is 0. The number of hydrogen-bond acceptors (Lipinski definition) is 0. The lowest BCUT2D eigenvalue weighted by molar-refractivity contribution is -0.704. The van der Waals surface area contributed by atoms with Crippen LogP contribution in [-0.2, 0) is 25.9 Å². The van der Waals surface area contributed by atoms with Crippen molar-refractivity contribution >= 4 is 0 Å². The van der Waals surface area contributed by atoms with E-state index in [0.717, 1.165) is 25.9 Å². The Morgan fingerprint density at radius 2 is 1.36 bits per heavy atom. The molecule has 0 saturated carbocycles. The van der Waals surface area contributed by atoms with Gasteiger partial charge in [-0.2, -0.15) is 0 Å². The van der Waals surface area contributed by atoms with Gasteiger partial charge in [-0.1, -0.05) is 111 Å².